The Labute approximate surface area is 182 Å². The fourth-order valence-electron chi connectivity index (χ4n) is 3.69. The number of amides is 1. The number of ether oxygens (including phenoxy) is 1. The summed E-state index contributed by atoms with van der Waals surface area (Å²) in [5.74, 6) is 0.314. The normalized spacial score (nSPS) is 13.4. The number of benzene rings is 2. The van der Waals surface area contributed by atoms with Crippen LogP contribution in [-0.2, 0) is 21.2 Å². The minimum atomic E-state index is -4.00. The minimum absolute atomic E-state index is 0.0256. The Kier molecular flexibility index (Phi) is 5.90. The van der Waals surface area contributed by atoms with Gasteiger partial charge in [0.2, 0.25) is 5.91 Å². The van der Waals surface area contributed by atoms with Crippen molar-refractivity contribution in [1.82, 2.24) is 4.98 Å². The molecule has 31 heavy (non-hydrogen) atoms. The Balaban J connectivity index is 1.70. The van der Waals surface area contributed by atoms with Crippen molar-refractivity contribution >= 4 is 27.3 Å². The lowest BCUT2D eigenvalue weighted by Gasteiger charge is -2.32. The summed E-state index contributed by atoms with van der Waals surface area (Å²) in [4.78, 5) is 19.0. The number of aryl methyl sites for hydroxylation is 1. The number of methoxy groups -OCH3 is 1. The monoisotopic (exact) mass is 437 g/mol. The maximum atomic E-state index is 13.4. The van der Waals surface area contributed by atoms with Gasteiger partial charge in [0, 0.05) is 24.6 Å². The molecule has 160 valence electrons. The van der Waals surface area contributed by atoms with Crippen molar-refractivity contribution in [3.8, 4) is 5.75 Å². The molecule has 2 aromatic carbocycles. The van der Waals surface area contributed by atoms with E-state index in [0.717, 1.165) is 28.4 Å². The second-order valence-corrected chi connectivity index (χ2v) is 9.04. The Morgan fingerprint density at radius 3 is 2.58 bits per heavy atom. The van der Waals surface area contributed by atoms with E-state index in [-0.39, 0.29) is 17.3 Å². The van der Waals surface area contributed by atoms with Gasteiger partial charge in [0.15, 0.2) is 0 Å². The summed E-state index contributed by atoms with van der Waals surface area (Å²) in [6.07, 6.45) is 4.52. The molecule has 1 aliphatic rings. The number of hydrogen-bond acceptors (Lipinski definition) is 5. The van der Waals surface area contributed by atoms with Gasteiger partial charge < -0.3 is 9.64 Å². The van der Waals surface area contributed by atoms with Gasteiger partial charge in [-0.15, -0.1) is 0 Å². The van der Waals surface area contributed by atoms with E-state index in [2.05, 4.69) is 4.98 Å². The highest BCUT2D eigenvalue weighted by Crippen LogP contribution is 2.29. The van der Waals surface area contributed by atoms with Crippen LogP contribution in [0, 0.1) is 0 Å². The molecule has 0 bridgehead atoms. The maximum Gasteiger partial charge on any atom is 0.266 e. The molecule has 1 aliphatic heterocycles. The first kappa shape index (κ1) is 20.9. The van der Waals surface area contributed by atoms with Gasteiger partial charge in [-0.05, 0) is 60.9 Å². The summed E-state index contributed by atoms with van der Waals surface area (Å²) in [7, 11) is -2.46. The van der Waals surface area contributed by atoms with E-state index in [1.165, 1.54) is 25.6 Å². The van der Waals surface area contributed by atoms with Crippen LogP contribution in [0.1, 0.15) is 12.0 Å². The molecule has 7 nitrogen and oxygen atoms in total. The highest BCUT2D eigenvalue weighted by atomic mass is 32.2. The topological polar surface area (TPSA) is 79.8 Å². The Morgan fingerprint density at radius 1 is 1.10 bits per heavy atom. The number of fused-ring (bicyclic) bond motifs is 1. The van der Waals surface area contributed by atoms with Crippen LogP contribution in [0.2, 0.25) is 0 Å². The van der Waals surface area contributed by atoms with Crippen LogP contribution in [0.3, 0.4) is 0 Å². The number of anilines is 2. The molecule has 8 heteroatoms. The van der Waals surface area contributed by atoms with Crippen molar-refractivity contribution in [2.75, 3.05) is 29.4 Å². The Morgan fingerprint density at radius 2 is 1.87 bits per heavy atom. The van der Waals surface area contributed by atoms with Crippen LogP contribution in [0.15, 0.2) is 78.0 Å². The fraction of sp³-hybridized carbons (Fsp3) is 0.217. The van der Waals surface area contributed by atoms with E-state index in [4.69, 9.17) is 4.74 Å². The first-order valence-electron chi connectivity index (χ1n) is 9.96. The number of para-hydroxylation sites is 1. The highest BCUT2D eigenvalue weighted by molar-refractivity contribution is 7.92. The van der Waals surface area contributed by atoms with Crippen LogP contribution >= 0.6 is 0 Å². The number of aromatic nitrogens is 1. The third kappa shape index (κ3) is 4.25. The van der Waals surface area contributed by atoms with Gasteiger partial charge in [0.1, 0.15) is 17.2 Å². The number of hydrogen-bond donors (Lipinski definition) is 0. The van der Waals surface area contributed by atoms with Crippen LogP contribution in [-0.4, -0.2) is 39.5 Å². The molecule has 0 unspecified atom stereocenters. The Bertz CT molecular complexity index is 1160. The number of carbonyl (C=O) groups is 1. The zero-order valence-electron chi connectivity index (χ0n) is 17.1. The molecule has 0 spiro atoms. The van der Waals surface area contributed by atoms with E-state index in [0.29, 0.717) is 18.0 Å². The average molecular weight is 438 g/mol. The van der Waals surface area contributed by atoms with Gasteiger partial charge in [-0.2, -0.15) is 0 Å². The number of sulfonamides is 1. The summed E-state index contributed by atoms with van der Waals surface area (Å²) in [5.41, 5.74) is 2.31. The molecule has 3 aromatic rings. The molecular formula is C23H23N3O4S. The quantitative estimate of drug-likeness (QED) is 0.591. The van der Waals surface area contributed by atoms with Crippen molar-refractivity contribution in [3.63, 3.8) is 0 Å². The standard InChI is InChI=1S/C23H23N3O4S/c1-30-20-12-10-19(11-13-20)26(31(28,29)21-8-4-14-24-16-21)17-23(27)25-15-5-7-18-6-2-3-9-22(18)25/h2-4,6,8-14,16H,5,7,15,17H2,1H3. The molecule has 0 saturated carbocycles. The summed E-state index contributed by atoms with van der Waals surface area (Å²) < 4.78 is 33.2. The summed E-state index contributed by atoms with van der Waals surface area (Å²) >= 11 is 0. The van der Waals surface area contributed by atoms with E-state index in [9.17, 15) is 13.2 Å². The Hall–Kier alpha value is -3.39. The third-order valence-corrected chi connectivity index (χ3v) is 7.03. The zero-order chi connectivity index (χ0) is 21.8. The number of carbonyl (C=O) groups excluding carboxylic acids is 1. The van der Waals surface area contributed by atoms with Crippen molar-refractivity contribution in [3.05, 3.63) is 78.6 Å². The van der Waals surface area contributed by atoms with Gasteiger partial charge in [0.05, 0.1) is 12.8 Å². The molecule has 1 amide bonds. The lowest BCUT2D eigenvalue weighted by Crippen LogP contribution is -2.45. The number of nitrogens with zero attached hydrogens (tertiary/aromatic N) is 3. The number of rotatable bonds is 6. The first-order chi connectivity index (χ1) is 15.0. The third-order valence-electron chi connectivity index (χ3n) is 5.27. The largest absolute Gasteiger partial charge is 0.497 e. The molecular weight excluding hydrogens is 414 g/mol. The molecule has 1 aromatic heterocycles. The zero-order valence-corrected chi connectivity index (χ0v) is 18.0. The van der Waals surface area contributed by atoms with Gasteiger partial charge in [0.25, 0.3) is 10.0 Å². The SMILES string of the molecule is COc1ccc(N(CC(=O)N2CCCc3ccccc32)S(=O)(=O)c2cccnc2)cc1. The predicted octanol–water partition coefficient (Wildman–Crippen LogP) is 3.26. The maximum absolute atomic E-state index is 13.4. The van der Waals surface area contributed by atoms with Gasteiger partial charge >= 0.3 is 0 Å². The molecule has 0 saturated heterocycles. The van der Waals surface area contributed by atoms with Crippen LogP contribution in [0.5, 0.6) is 5.75 Å². The van der Waals surface area contributed by atoms with Gasteiger partial charge in [-0.1, -0.05) is 18.2 Å². The highest BCUT2D eigenvalue weighted by Gasteiger charge is 2.31. The second-order valence-electron chi connectivity index (χ2n) is 7.18. The van der Waals surface area contributed by atoms with Crippen molar-refractivity contribution in [1.29, 1.82) is 0 Å². The van der Waals surface area contributed by atoms with Crippen LogP contribution < -0.4 is 13.9 Å². The van der Waals surface area contributed by atoms with Crippen LogP contribution in [0.25, 0.3) is 0 Å². The van der Waals surface area contributed by atoms with Gasteiger partial charge in [-0.3, -0.25) is 14.1 Å². The first-order valence-corrected chi connectivity index (χ1v) is 11.4. The summed E-state index contributed by atoms with van der Waals surface area (Å²) in [6.45, 7) is 0.233. The summed E-state index contributed by atoms with van der Waals surface area (Å²) in [6, 6.07) is 17.4. The van der Waals surface area contributed by atoms with E-state index >= 15 is 0 Å². The van der Waals surface area contributed by atoms with E-state index in [1.807, 2.05) is 24.3 Å². The van der Waals surface area contributed by atoms with E-state index in [1.54, 1.807) is 35.2 Å². The fourth-order valence-corrected chi connectivity index (χ4v) is 5.07. The molecule has 2 heterocycles. The van der Waals surface area contributed by atoms with Gasteiger partial charge in [-0.25, -0.2) is 8.42 Å². The predicted molar refractivity (Wildman–Crippen MR) is 119 cm³/mol. The molecule has 0 atom stereocenters. The molecule has 0 radical (unpaired) electrons. The summed E-state index contributed by atoms with van der Waals surface area (Å²) in [5, 5.41) is 0. The minimum Gasteiger partial charge on any atom is -0.497 e. The molecule has 0 aliphatic carbocycles. The molecule has 0 fully saturated rings. The van der Waals surface area contributed by atoms with Crippen LogP contribution in [0.4, 0.5) is 11.4 Å². The van der Waals surface area contributed by atoms with Crippen molar-refractivity contribution in [2.24, 2.45) is 0 Å². The van der Waals surface area contributed by atoms with E-state index < -0.39 is 10.0 Å². The van der Waals surface area contributed by atoms with Crippen molar-refractivity contribution in [2.45, 2.75) is 17.7 Å². The lowest BCUT2D eigenvalue weighted by atomic mass is 10.0. The lowest BCUT2D eigenvalue weighted by molar-refractivity contribution is -0.117. The van der Waals surface area contributed by atoms with Crippen molar-refractivity contribution < 1.29 is 17.9 Å². The number of pyridine rings is 1. The molecule has 0 N–H and O–H groups in total. The molecule has 4 rings (SSSR count). The smallest absolute Gasteiger partial charge is 0.266 e. The second kappa shape index (κ2) is 8.77. The average Bonchev–Trinajstić information content (AvgIpc) is 2.82.